The summed E-state index contributed by atoms with van der Waals surface area (Å²) in [5.41, 5.74) is -3.75. The van der Waals surface area contributed by atoms with Gasteiger partial charge < -0.3 is 0 Å². The minimum absolute atomic E-state index is 0.0192. The van der Waals surface area contributed by atoms with E-state index >= 15 is 0 Å². The van der Waals surface area contributed by atoms with E-state index in [-0.39, 0.29) is 28.9 Å². The molecule has 1 heterocycles. The lowest BCUT2D eigenvalue weighted by atomic mass is 10.1. The highest BCUT2D eigenvalue weighted by atomic mass is 32.2. The van der Waals surface area contributed by atoms with Crippen LogP contribution in [0.4, 0.5) is 18.9 Å². The summed E-state index contributed by atoms with van der Waals surface area (Å²) in [5, 5.41) is 18.1. The monoisotopic (exact) mass is 411 g/mol. The molecule has 0 aliphatic heterocycles. The third-order valence-corrected chi connectivity index (χ3v) is 4.48. The summed E-state index contributed by atoms with van der Waals surface area (Å²) >= 11 is -0.258. The Morgan fingerprint density at radius 3 is 2.43 bits per heavy atom. The first kappa shape index (κ1) is 19.6. The van der Waals surface area contributed by atoms with E-state index in [1.54, 1.807) is 13.0 Å². The maximum absolute atomic E-state index is 12.4. The van der Waals surface area contributed by atoms with Crippen molar-refractivity contribution in [2.45, 2.75) is 23.9 Å². The predicted octanol–water partition coefficient (Wildman–Crippen LogP) is 3.31. The number of tetrazole rings is 1. The second kappa shape index (κ2) is 7.46. The Morgan fingerprint density at radius 1 is 1.18 bits per heavy atom. The molecule has 0 bridgehead atoms. The number of nitro groups is 1. The van der Waals surface area contributed by atoms with Crippen LogP contribution in [0.15, 0.2) is 52.2 Å². The fourth-order valence-electron chi connectivity index (χ4n) is 2.59. The van der Waals surface area contributed by atoms with Crippen LogP contribution in [0, 0.1) is 17.0 Å². The van der Waals surface area contributed by atoms with Crippen LogP contribution in [-0.2, 0) is 6.54 Å². The third-order valence-electron chi connectivity index (χ3n) is 3.74. The van der Waals surface area contributed by atoms with Crippen molar-refractivity contribution in [3.8, 4) is 5.69 Å². The summed E-state index contributed by atoms with van der Waals surface area (Å²) in [6.45, 7) is 1.68. The Labute approximate surface area is 159 Å². The Morgan fingerprint density at radius 2 is 1.86 bits per heavy atom. The molecule has 0 unspecified atom stereocenters. The van der Waals surface area contributed by atoms with Gasteiger partial charge in [-0.15, -0.1) is 0 Å². The minimum Gasteiger partial charge on any atom is -0.258 e. The van der Waals surface area contributed by atoms with Crippen molar-refractivity contribution in [2.24, 2.45) is 0 Å². The molecule has 0 fully saturated rings. The molecular formula is C16H12F3N5O3S. The minimum atomic E-state index is -4.41. The maximum atomic E-state index is 12.4. The molecule has 28 heavy (non-hydrogen) atoms. The number of aromatic nitrogens is 4. The van der Waals surface area contributed by atoms with Crippen LogP contribution in [-0.4, -0.2) is 30.2 Å². The van der Waals surface area contributed by atoms with E-state index in [0.717, 1.165) is 4.68 Å². The van der Waals surface area contributed by atoms with Gasteiger partial charge in [0, 0.05) is 16.5 Å². The predicted molar refractivity (Wildman–Crippen MR) is 94.5 cm³/mol. The standard InChI is InChI=1S/C16H12F3N5O3S/c1-10-8-11(2-7-14(10)24(26)27)9-22-21-20-15(25)23(22)12-3-5-13(6-4-12)28-16(17,18)19/h2-8H,9H2,1H3. The van der Waals surface area contributed by atoms with Crippen LogP contribution >= 0.6 is 11.8 Å². The van der Waals surface area contributed by atoms with Crippen molar-refractivity contribution in [3.05, 3.63) is 74.2 Å². The first-order valence-corrected chi connectivity index (χ1v) is 8.58. The van der Waals surface area contributed by atoms with Crippen LogP contribution in [0.1, 0.15) is 11.1 Å². The molecular weight excluding hydrogens is 399 g/mol. The second-order valence-electron chi connectivity index (χ2n) is 5.73. The van der Waals surface area contributed by atoms with Crippen molar-refractivity contribution in [1.29, 1.82) is 0 Å². The van der Waals surface area contributed by atoms with Gasteiger partial charge in [0.15, 0.2) is 0 Å². The summed E-state index contributed by atoms with van der Waals surface area (Å²) in [5.74, 6) is 0. The number of nitro benzene ring substituents is 1. The van der Waals surface area contributed by atoms with Gasteiger partial charge in [-0.1, -0.05) is 11.2 Å². The van der Waals surface area contributed by atoms with E-state index in [1.165, 1.54) is 41.2 Å². The quantitative estimate of drug-likeness (QED) is 0.363. The molecule has 0 saturated heterocycles. The molecule has 0 atom stereocenters. The van der Waals surface area contributed by atoms with Gasteiger partial charge in [-0.05, 0) is 59.8 Å². The molecule has 3 rings (SSSR count). The average molecular weight is 411 g/mol. The molecule has 0 N–H and O–H groups in total. The smallest absolute Gasteiger partial charge is 0.258 e. The lowest BCUT2D eigenvalue weighted by molar-refractivity contribution is -0.385. The molecule has 8 nitrogen and oxygen atoms in total. The molecule has 0 aliphatic carbocycles. The highest BCUT2D eigenvalue weighted by molar-refractivity contribution is 8.00. The van der Waals surface area contributed by atoms with Crippen molar-refractivity contribution in [1.82, 2.24) is 19.8 Å². The molecule has 0 aliphatic rings. The zero-order valence-corrected chi connectivity index (χ0v) is 15.1. The van der Waals surface area contributed by atoms with Gasteiger partial charge in [0.1, 0.15) is 0 Å². The van der Waals surface area contributed by atoms with Gasteiger partial charge >= 0.3 is 11.2 Å². The fourth-order valence-corrected chi connectivity index (χ4v) is 3.13. The van der Waals surface area contributed by atoms with E-state index in [2.05, 4.69) is 10.3 Å². The average Bonchev–Trinajstić information content (AvgIpc) is 2.94. The zero-order valence-electron chi connectivity index (χ0n) is 14.3. The lowest BCUT2D eigenvalue weighted by Gasteiger charge is -2.10. The first-order valence-electron chi connectivity index (χ1n) is 7.77. The summed E-state index contributed by atoms with van der Waals surface area (Å²) < 4.78 is 38.4. The van der Waals surface area contributed by atoms with Crippen molar-refractivity contribution in [2.75, 3.05) is 0 Å². The number of hydrogen-bond acceptors (Lipinski definition) is 6. The normalized spacial score (nSPS) is 11.6. The van der Waals surface area contributed by atoms with Gasteiger partial charge in [0.2, 0.25) is 0 Å². The van der Waals surface area contributed by atoms with Gasteiger partial charge in [0.25, 0.3) is 5.69 Å². The van der Waals surface area contributed by atoms with E-state index in [0.29, 0.717) is 16.8 Å². The highest BCUT2D eigenvalue weighted by Gasteiger charge is 2.29. The zero-order chi connectivity index (χ0) is 20.5. The van der Waals surface area contributed by atoms with Gasteiger partial charge in [-0.25, -0.2) is 4.79 Å². The molecule has 146 valence electrons. The summed E-state index contributed by atoms with van der Waals surface area (Å²) in [6, 6.07) is 9.68. The van der Waals surface area contributed by atoms with Crippen molar-refractivity contribution < 1.29 is 18.1 Å². The summed E-state index contributed by atoms with van der Waals surface area (Å²) in [4.78, 5) is 23.7. The van der Waals surface area contributed by atoms with Crippen molar-refractivity contribution >= 4 is 17.4 Å². The van der Waals surface area contributed by atoms with E-state index in [1.807, 2.05) is 0 Å². The molecule has 0 spiro atoms. The van der Waals surface area contributed by atoms with E-state index in [4.69, 9.17) is 0 Å². The summed E-state index contributed by atoms with van der Waals surface area (Å²) in [7, 11) is 0. The number of aryl methyl sites for hydroxylation is 1. The van der Waals surface area contributed by atoms with Crippen LogP contribution in [0.3, 0.4) is 0 Å². The van der Waals surface area contributed by atoms with Gasteiger partial charge in [-0.3, -0.25) is 10.1 Å². The number of nitrogens with zero attached hydrogens (tertiary/aromatic N) is 5. The molecule has 3 aromatic rings. The number of alkyl halides is 3. The van der Waals surface area contributed by atoms with Crippen LogP contribution in [0.5, 0.6) is 0 Å². The Hall–Kier alpha value is -3.15. The highest BCUT2D eigenvalue weighted by Crippen LogP contribution is 2.36. The number of rotatable bonds is 5. The molecule has 1 aromatic heterocycles. The Balaban J connectivity index is 1.89. The largest absolute Gasteiger partial charge is 0.446 e. The van der Waals surface area contributed by atoms with E-state index in [9.17, 15) is 28.1 Å². The lowest BCUT2D eigenvalue weighted by Crippen LogP contribution is -2.22. The van der Waals surface area contributed by atoms with Crippen LogP contribution in [0.25, 0.3) is 5.69 Å². The Kier molecular flexibility index (Phi) is 5.23. The van der Waals surface area contributed by atoms with Gasteiger partial charge in [0.05, 0.1) is 17.2 Å². The third kappa shape index (κ3) is 4.39. The molecule has 0 radical (unpaired) electrons. The van der Waals surface area contributed by atoms with Gasteiger partial charge in [-0.2, -0.15) is 22.6 Å². The SMILES string of the molecule is Cc1cc(Cn2nnc(=O)n2-c2ccc(SC(F)(F)F)cc2)ccc1[N+](=O)[O-]. The van der Waals surface area contributed by atoms with E-state index < -0.39 is 16.1 Å². The Bertz CT molecular complexity index is 1080. The summed E-state index contributed by atoms with van der Waals surface area (Å²) in [6.07, 6.45) is 0. The van der Waals surface area contributed by atoms with Crippen molar-refractivity contribution in [3.63, 3.8) is 0 Å². The number of halogens is 3. The maximum Gasteiger partial charge on any atom is 0.446 e. The fraction of sp³-hybridized carbons (Fsp3) is 0.188. The number of benzene rings is 2. The molecule has 0 saturated carbocycles. The second-order valence-corrected chi connectivity index (χ2v) is 6.87. The van der Waals surface area contributed by atoms with Crippen LogP contribution in [0.2, 0.25) is 0 Å². The first-order chi connectivity index (χ1) is 13.1. The number of hydrogen-bond donors (Lipinski definition) is 0. The molecule has 2 aromatic carbocycles. The topological polar surface area (TPSA) is 95.8 Å². The van der Waals surface area contributed by atoms with Crippen LogP contribution < -0.4 is 5.69 Å². The number of thioether (sulfide) groups is 1. The molecule has 0 amide bonds. The molecule has 12 heteroatoms.